The molecule has 0 aliphatic rings. The lowest BCUT2D eigenvalue weighted by molar-refractivity contribution is -0.384. The molecule has 9 nitrogen and oxygen atoms in total. The minimum Gasteiger partial charge on any atom is -0.459 e. The number of aromatic nitrogens is 2. The Morgan fingerprint density at radius 3 is 2.61 bits per heavy atom. The fourth-order valence-electron chi connectivity index (χ4n) is 2.49. The number of anilines is 1. The summed E-state index contributed by atoms with van der Waals surface area (Å²) in [4.78, 5) is 31.1. The minimum atomic E-state index is -0.447. The molecule has 3 aromatic rings. The van der Waals surface area contributed by atoms with Crippen LogP contribution in [0.1, 0.15) is 23.2 Å². The molecule has 0 bridgehead atoms. The zero-order chi connectivity index (χ0) is 19.9. The molecule has 0 saturated heterocycles. The number of nitrogens with zero attached hydrogens (tertiary/aromatic N) is 3. The van der Waals surface area contributed by atoms with E-state index in [0.29, 0.717) is 36.7 Å². The Labute approximate surface area is 161 Å². The quantitative estimate of drug-likeness (QED) is 0.349. The Balaban J connectivity index is 1.65. The molecule has 1 amide bonds. The largest absolute Gasteiger partial charge is 0.459 e. The van der Waals surface area contributed by atoms with Crippen molar-refractivity contribution < 1.29 is 14.1 Å². The number of hydrogen-bond donors (Lipinski definition) is 2. The molecule has 2 aromatic heterocycles. The molecule has 2 heterocycles. The molecule has 0 aliphatic heterocycles. The smallest absolute Gasteiger partial charge is 0.287 e. The van der Waals surface area contributed by atoms with Crippen LogP contribution < -0.4 is 10.6 Å². The minimum absolute atomic E-state index is 0.0149. The molecule has 0 radical (unpaired) electrons. The van der Waals surface area contributed by atoms with Gasteiger partial charge in [0, 0.05) is 42.5 Å². The third-order valence-electron chi connectivity index (χ3n) is 3.94. The van der Waals surface area contributed by atoms with E-state index in [9.17, 15) is 14.9 Å². The van der Waals surface area contributed by atoms with Crippen LogP contribution >= 0.6 is 0 Å². The average Bonchev–Trinajstić information content (AvgIpc) is 3.26. The average molecular weight is 381 g/mol. The van der Waals surface area contributed by atoms with Crippen molar-refractivity contribution in [2.75, 3.05) is 18.4 Å². The molecule has 0 saturated carbocycles. The molecule has 2 N–H and O–H groups in total. The van der Waals surface area contributed by atoms with Gasteiger partial charge in [0.1, 0.15) is 5.82 Å². The third-order valence-corrected chi connectivity index (χ3v) is 3.94. The lowest BCUT2D eigenvalue weighted by Crippen LogP contribution is -2.28. The van der Waals surface area contributed by atoms with E-state index < -0.39 is 4.92 Å². The van der Waals surface area contributed by atoms with Gasteiger partial charge >= 0.3 is 0 Å². The van der Waals surface area contributed by atoms with Crippen molar-refractivity contribution in [1.29, 1.82) is 0 Å². The van der Waals surface area contributed by atoms with E-state index in [1.165, 1.54) is 18.4 Å². The maximum absolute atomic E-state index is 11.8. The van der Waals surface area contributed by atoms with E-state index in [2.05, 4.69) is 20.6 Å². The maximum atomic E-state index is 11.8. The molecular formula is C19H19N5O4. The van der Waals surface area contributed by atoms with Crippen LogP contribution in [0.15, 0.2) is 53.1 Å². The first kappa shape index (κ1) is 19.0. The molecule has 3 rings (SSSR count). The topological polar surface area (TPSA) is 123 Å². The molecule has 1 aromatic carbocycles. The summed E-state index contributed by atoms with van der Waals surface area (Å²) in [5, 5.41) is 16.7. The number of amides is 1. The van der Waals surface area contributed by atoms with Gasteiger partial charge in [-0.1, -0.05) is 6.92 Å². The van der Waals surface area contributed by atoms with Crippen molar-refractivity contribution >= 4 is 17.4 Å². The molecular weight excluding hydrogens is 362 g/mol. The molecule has 144 valence electrons. The lowest BCUT2D eigenvalue weighted by Gasteiger charge is -2.10. The van der Waals surface area contributed by atoms with Gasteiger partial charge in [-0.15, -0.1) is 0 Å². The molecule has 9 heteroatoms. The summed E-state index contributed by atoms with van der Waals surface area (Å²) in [6.07, 6.45) is 2.16. The predicted octanol–water partition coefficient (Wildman–Crippen LogP) is 3.05. The van der Waals surface area contributed by atoms with Gasteiger partial charge in [-0.25, -0.2) is 9.97 Å². The number of rotatable bonds is 8. The van der Waals surface area contributed by atoms with Gasteiger partial charge in [0.2, 0.25) is 0 Å². The molecule has 0 atom stereocenters. The van der Waals surface area contributed by atoms with Crippen LogP contribution in [0.2, 0.25) is 0 Å². The Morgan fingerprint density at radius 1 is 1.18 bits per heavy atom. The number of hydrogen-bond acceptors (Lipinski definition) is 7. The lowest BCUT2D eigenvalue weighted by atomic mass is 10.2. The zero-order valence-corrected chi connectivity index (χ0v) is 15.2. The Hall–Kier alpha value is -3.75. The molecule has 28 heavy (non-hydrogen) atoms. The van der Waals surface area contributed by atoms with Crippen molar-refractivity contribution in [3.05, 3.63) is 70.3 Å². The van der Waals surface area contributed by atoms with E-state index in [4.69, 9.17) is 4.42 Å². The number of furan rings is 1. The summed E-state index contributed by atoms with van der Waals surface area (Å²) in [5.41, 5.74) is 1.54. The molecule has 0 spiro atoms. The monoisotopic (exact) mass is 381 g/mol. The van der Waals surface area contributed by atoms with Gasteiger partial charge in [0.25, 0.3) is 11.6 Å². The number of nitro benzene ring substituents is 1. The number of benzene rings is 1. The second-order valence-electron chi connectivity index (χ2n) is 5.89. The highest BCUT2D eigenvalue weighted by molar-refractivity contribution is 5.91. The van der Waals surface area contributed by atoms with E-state index in [1.807, 2.05) is 13.0 Å². The van der Waals surface area contributed by atoms with Crippen molar-refractivity contribution in [2.24, 2.45) is 0 Å². The SMILES string of the molecule is CCc1cc(NCCNC(=O)c2ccco2)nc(-c2ccc([N+](=O)[O-])cc2)n1. The summed E-state index contributed by atoms with van der Waals surface area (Å²) in [5.74, 6) is 1.08. The molecule has 0 aliphatic carbocycles. The summed E-state index contributed by atoms with van der Waals surface area (Å²) in [6, 6.07) is 11.2. The number of nitro groups is 1. The molecule has 0 fully saturated rings. The summed E-state index contributed by atoms with van der Waals surface area (Å²) >= 11 is 0. The van der Waals surface area contributed by atoms with Crippen LogP contribution in [0.3, 0.4) is 0 Å². The number of carbonyl (C=O) groups is 1. The second kappa shape index (κ2) is 8.76. The van der Waals surface area contributed by atoms with Crippen molar-refractivity contribution in [2.45, 2.75) is 13.3 Å². The van der Waals surface area contributed by atoms with Gasteiger partial charge in [-0.3, -0.25) is 14.9 Å². The first-order valence-corrected chi connectivity index (χ1v) is 8.75. The Morgan fingerprint density at radius 2 is 1.96 bits per heavy atom. The van der Waals surface area contributed by atoms with Crippen LogP contribution in [0.4, 0.5) is 11.5 Å². The van der Waals surface area contributed by atoms with Gasteiger partial charge in [-0.2, -0.15) is 0 Å². The summed E-state index contributed by atoms with van der Waals surface area (Å²) < 4.78 is 5.03. The van der Waals surface area contributed by atoms with Crippen LogP contribution in [0.5, 0.6) is 0 Å². The first-order valence-electron chi connectivity index (χ1n) is 8.75. The highest BCUT2D eigenvalue weighted by Crippen LogP contribution is 2.21. The highest BCUT2D eigenvalue weighted by atomic mass is 16.6. The van der Waals surface area contributed by atoms with Crippen LogP contribution in [0.25, 0.3) is 11.4 Å². The zero-order valence-electron chi connectivity index (χ0n) is 15.2. The van der Waals surface area contributed by atoms with Crippen molar-refractivity contribution in [3.63, 3.8) is 0 Å². The molecule has 0 unspecified atom stereocenters. The van der Waals surface area contributed by atoms with Crippen LogP contribution in [0, 0.1) is 10.1 Å². The Kier molecular flexibility index (Phi) is 5.95. The predicted molar refractivity (Wildman–Crippen MR) is 103 cm³/mol. The van der Waals surface area contributed by atoms with Gasteiger partial charge < -0.3 is 15.1 Å². The third kappa shape index (κ3) is 4.70. The van der Waals surface area contributed by atoms with E-state index in [0.717, 1.165) is 5.69 Å². The maximum Gasteiger partial charge on any atom is 0.287 e. The van der Waals surface area contributed by atoms with Gasteiger partial charge in [0.05, 0.1) is 11.2 Å². The highest BCUT2D eigenvalue weighted by Gasteiger charge is 2.10. The standard InChI is InChI=1S/C19H19N5O4/c1-2-14-12-17(20-9-10-21-19(25)16-4-3-11-28-16)23-18(22-14)13-5-7-15(8-6-13)24(26)27/h3-8,11-12H,2,9-10H2,1H3,(H,21,25)(H,20,22,23). The van der Waals surface area contributed by atoms with Gasteiger partial charge in [0.15, 0.2) is 11.6 Å². The fourth-order valence-corrected chi connectivity index (χ4v) is 2.49. The number of aryl methyl sites for hydroxylation is 1. The normalized spacial score (nSPS) is 10.5. The Bertz CT molecular complexity index is 955. The van der Waals surface area contributed by atoms with Crippen molar-refractivity contribution in [1.82, 2.24) is 15.3 Å². The van der Waals surface area contributed by atoms with E-state index in [1.54, 1.807) is 24.3 Å². The first-order chi connectivity index (χ1) is 13.6. The van der Waals surface area contributed by atoms with E-state index in [-0.39, 0.29) is 17.4 Å². The summed E-state index contributed by atoms with van der Waals surface area (Å²) in [6.45, 7) is 2.83. The summed E-state index contributed by atoms with van der Waals surface area (Å²) in [7, 11) is 0. The number of nitrogens with one attached hydrogen (secondary N) is 2. The van der Waals surface area contributed by atoms with E-state index >= 15 is 0 Å². The van der Waals surface area contributed by atoms with Crippen LogP contribution in [-0.4, -0.2) is 33.9 Å². The fraction of sp³-hybridized carbons (Fsp3) is 0.211. The second-order valence-corrected chi connectivity index (χ2v) is 5.89. The van der Waals surface area contributed by atoms with Crippen molar-refractivity contribution in [3.8, 4) is 11.4 Å². The number of carbonyl (C=O) groups excluding carboxylic acids is 1. The van der Waals surface area contributed by atoms with Gasteiger partial charge in [-0.05, 0) is 30.7 Å². The van der Waals surface area contributed by atoms with Crippen LogP contribution in [-0.2, 0) is 6.42 Å². The number of non-ortho nitro benzene ring substituents is 1.